The Kier molecular flexibility index (Phi) is 9.18. The normalized spacial score (nSPS) is 10.6. The van der Waals surface area contributed by atoms with Gasteiger partial charge in [0, 0.05) is 13.3 Å². The molecule has 4 heteroatoms. The third kappa shape index (κ3) is 8.90. The van der Waals surface area contributed by atoms with Gasteiger partial charge in [0.1, 0.15) is 5.78 Å². The van der Waals surface area contributed by atoms with Crippen LogP contribution in [-0.2, 0) is 14.4 Å². The van der Waals surface area contributed by atoms with Crippen molar-refractivity contribution in [1.29, 1.82) is 0 Å². The van der Waals surface area contributed by atoms with E-state index in [1.807, 2.05) is 13.8 Å². The van der Waals surface area contributed by atoms with Gasteiger partial charge < -0.3 is 5.32 Å². The smallest absolute Gasteiger partial charge is 0.217 e. The molecule has 0 heterocycles. The Bertz CT molecular complexity index is 195. The van der Waals surface area contributed by atoms with E-state index >= 15 is 0 Å². The van der Waals surface area contributed by atoms with Gasteiger partial charge in [0.2, 0.25) is 5.91 Å². The second-order valence-electron chi connectivity index (χ2n) is 2.77. The van der Waals surface area contributed by atoms with E-state index in [1.165, 1.54) is 20.8 Å². The lowest BCUT2D eigenvalue weighted by atomic mass is 10.1. The van der Waals surface area contributed by atoms with Crippen molar-refractivity contribution in [2.75, 3.05) is 0 Å². The van der Waals surface area contributed by atoms with Crippen LogP contribution in [0.2, 0.25) is 0 Å². The average molecular weight is 201 g/mol. The molecule has 0 aromatic carbocycles. The molecule has 0 fully saturated rings. The van der Waals surface area contributed by atoms with Gasteiger partial charge in [0.15, 0.2) is 5.78 Å². The number of hydrogen-bond donors (Lipinski definition) is 1. The van der Waals surface area contributed by atoms with Gasteiger partial charge in [-0.1, -0.05) is 13.8 Å². The number of carbonyl (C=O) groups excluding carboxylic acids is 3. The van der Waals surface area contributed by atoms with Gasteiger partial charge in [-0.05, 0) is 13.8 Å². The standard InChI is InChI=1S/C8H13NO3.C2H6/c1-5(10)4-8(6(2)11)9-7(3)12;1-2/h8H,4H2,1-3H3,(H,9,12);1-2H3. The van der Waals surface area contributed by atoms with Gasteiger partial charge in [0.25, 0.3) is 0 Å². The number of amides is 1. The molecule has 0 aliphatic rings. The molecule has 0 aliphatic heterocycles. The number of carbonyl (C=O) groups is 3. The largest absolute Gasteiger partial charge is 0.346 e. The zero-order chi connectivity index (χ0) is 11.7. The molecule has 0 aromatic rings. The third-order valence-electron chi connectivity index (χ3n) is 1.36. The fourth-order valence-electron chi connectivity index (χ4n) is 0.829. The Hall–Kier alpha value is -1.19. The Labute approximate surface area is 85.1 Å². The van der Waals surface area contributed by atoms with E-state index in [1.54, 1.807) is 0 Å². The van der Waals surface area contributed by atoms with Crippen LogP contribution in [0.5, 0.6) is 0 Å². The number of rotatable bonds is 4. The lowest BCUT2D eigenvalue weighted by Gasteiger charge is -2.11. The molecule has 0 bridgehead atoms. The van der Waals surface area contributed by atoms with Gasteiger partial charge >= 0.3 is 0 Å². The Balaban J connectivity index is 0. The first-order valence-electron chi connectivity index (χ1n) is 4.70. The minimum atomic E-state index is -0.653. The molecular weight excluding hydrogens is 182 g/mol. The zero-order valence-electron chi connectivity index (χ0n) is 9.51. The van der Waals surface area contributed by atoms with Crippen molar-refractivity contribution >= 4 is 17.5 Å². The summed E-state index contributed by atoms with van der Waals surface area (Å²) >= 11 is 0. The second-order valence-corrected chi connectivity index (χ2v) is 2.77. The fourth-order valence-corrected chi connectivity index (χ4v) is 0.829. The summed E-state index contributed by atoms with van der Waals surface area (Å²) in [7, 11) is 0. The second kappa shape index (κ2) is 8.41. The van der Waals surface area contributed by atoms with Crippen LogP contribution < -0.4 is 5.32 Å². The minimum absolute atomic E-state index is 0.0783. The molecule has 1 N–H and O–H groups in total. The van der Waals surface area contributed by atoms with Crippen LogP contribution in [0.3, 0.4) is 0 Å². The molecule has 0 saturated carbocycles. The van der Waals surface area contributed by atoms with E-state index in [-0.39, 0.29) is 23.9 Å². The van der Waals surface area contributed by atoms with E-state index in [2.05, 4.69) is 5.32 Å². The van der Waals surface area contributed by atoms with Crippen LogP contribution in [0.15, 0.2) is 0 Å². The molecule has 0 aromatic heterocycles. The van der Waals surface area contributed by atoms with E-state index < -0.39 is 6.04 Å². The van der Waals surface area contributed by atoms with Crippen LogP contribution in [0, 0.1) is 0 Å². The van der Waals surface area contributed by atoms with Gasteiger partial charge in [-0.2, -0.15) is 0 Å². The highest BCUT2D eigenvalue weighted by molar-refractivity contribution is 5.91. The lowest BCUT2D eigenvalue weighted by molar-refractivity contribution is -0.127. The zero-order valence-corrected chi connectivity index (χ0v) is 9.51. The van der Waals surface area contributed by atoms with Gasteiger partial charge in [0.05, 0.1) is 6.04 Å². The average Bonchev–Trinajstić information content (AvgIpc) is 2.05. The van der Waals surface area contributed by atoms with Crippen LogP contribution in [0.25, 0.3) is 0 Å². The van der Waals surface area contributed by atoms with Crippen molar-refractivity contribution in [2.45, 2.75) is 47.1 Å². The fraction of sp³-hybridized carbons (Fsp3) is 0.700. The molecular formula is C10H19NO3. The highest BCUT2D eigenvalue weighted by Crippen LogP contribution is 1.94. The molecule has 4 nitrogen and oxygen atoms in total. The van der Waals surface area contributed by atoms with Gasteiger partial charge in [-0.25, -0.2) is 0 Å². The maximum absolute atomic E-state index is 10.8. The van der Waals surface area contributed by atoms with Crippen molar-refractivity contribution < 1.29 is 14.4 Å². The van der Waals surface area contributed by atoms with Crippen molar-refractivity contribution in [1.82, 2.24) is 5.32 Å². The van der Waals surface area contributed by atoms with Gasteiger partial charge in [-0.15, -0.1) is 0 Å². The summed E-state index contributed by atoms with van der Waals surface area (Å²) in [4.78, 5) is 32.1. The number of ketones is 2. The van der Waals surface area contributed by atoms with Crippen LogP contribution in [0.4, 0.5) is 0 Å². The monoisotopic (exact) mass is 201 g/mol. The van der Waals surface area contributed by atoms with E-state index in [0.717, 1.165) is 0 Å². The van der Waals surface area contributed by atoms with Crippen molar-refractivity contribution in [2.24, 2.45) is 0 Å². The molecule has 1 atom stereocenters. The van der Waals surface area contributed by atoms with Crippen LogP contribution in [0.1, 0.15) is 41.0 Å². The first-order valence-corrected chi connectivity index (χ1v) is 4.70. The molecule has 14 heavy (non-hydrogen) atoms. The maximum atomic E-state index is 10.8. The van der Waals surface area contributed by atoms with Crippen LogP contribution in [-0.4, -0.2) is 23.5 Å². The Morgan fingerprint density at radius 3 is 1.71 bits per heavy atom. The van der Waals surface area contributed by atoms with Crippen molar-refractivity contribution in [3.05, 3.63) is 0 Å². The number of nitrogens with one attached hydrogen (secondary N) is 1. The topological polar surface area (TPSA) is 63.2 Å². The van der Waals surface area contributed by atoms with E-state index in [4.69, 9.17) is 0 Å². The highest BCUT2D eigenvalue weighted by Gasteiger charge is 2.16. The predicted molar refractivity (Wildman–Crippen MR) is 54.9 cm³/mol. The summed E-state index contributed by atoms with van der Waals surface area (Å²) in [6.45, 7) is 8.05. The third-order valence-corrected chi connectivity index (χ3v) is 1.36. The quantitative estimate of drug-likeness (QED) is 0.740. The molecule has 0 rings (SSSR count). The van der Waals surface area contributed by atoms with Gasteiger partial charge in [-0.3, -0.25) is 14.4 Å². The highest BCUT2D eigenvalue weighted by atomic mass is 16.2. The Morgan fingerprint density at radius 1 is 1.07 bits per heavy atom. The summed E-state index contributed by atoms with van der Waals surface area (Å²) in [5.74, 6) is -0.596. The summed E-state index contributed by atoms with van der Waals surface area (Å²) in [6, 6.07) is -0.653. The van der Waals surface area contributed by atoms with Crippen molar-refractivity contribution in [3.63, 3.8) is 0 Å². The van der Waals surface area contributed by atoms with E-state index in [0.29, 0.717) is 0 Å². The van der Waals surface area contributed by atoms with E-state index in [9.17, 15) is 14.4 Å². The minimum Gasteiger partial charge on any atom is -0.346 e. The molecule has 1 unspecified atom stereocenters. The first-order chi connectivity index (χ1) is 6.43. The molecule has 82 valence electrons. The molecule has 0 aliphatic carbocycles. The predicted octanol–water partition coefficient (Wildman–Crippen LogP) is 1.09. The summed E-state index contributed by atoms with van der Waals surface area (Å²) in [5, 5.41) is 2.40. The number of Topliss-reactive ketones (excluding diaryl/α,β-unsaturated/α-hetero) is 2. The molecule has 1 amide bonds. The summed E-state index contributed by atoms with van der Waals surface area (Å²) < 4.78 is 0. The summed E-state index contributed by atoms with van der Waals surface area (Å²) in [6.07, 6.45) is 0.0783. The maximum Gasteiger partial charge on any atom is 0.217 e. The first kappa shape index (κ1) is 15.3. The lowest BCUT2D eigenvalue weighted by Crippen LogP contribution is -2.39. The van der Waals surface area contributed by atoms with Crippen molar-refractivity contribution in [3.8, 4) is 0 Å². The number of hydrogen-bond acceptors (Lipinski definition) is 3. The summed E-state index contributed by atoms with van der Waals surface area (Å²) in [5.41, 5.74) is 0. The Morgan fingerprint density at radius 2 is 1.50 bits per heavy atom. The van der Waals surface area contributed by atoms with Crippen LogP contribution >= 0.6 is 0 Å². The molecule has 0 spiro atoms. The SMILES string of the molecule is CC.CC(=O)CC(NC(C)=O)C(C)=O. The molecule has 0 radical (unpaired) electrons. The molecule has 0 saturated heterocycles.